The Hall–Kier alpha value is -3.48. The molecule has 35 heavy (non-hydrogen) atoms. The van der Waals surface area contributed by atoms with Crippen molar-refractivity contribution in [2.24, 2.45) is 0 Å². The van der Waals surface area contributed by atoms with Crippen LogP contribution in [0.25, 0.3) is 10.9 Å². The SMILES string of the molecule is CCOc1cc(CNC(Cc2c[nH]c3ccccc23)C(=O)O)c(Cl)cc1OCc1ccc(C)cc1. The Labute approximate surface area is 209 Å². The first kappa shape index (κ1) is 24.6. The first-order valence-electron chi connectivity index (χ1n) is 11.6. The molecule has 7 heteroatoms. The second-order valence-corrected chi connectivity index (χ2v) is 8.84. The molecular weight excluding hydrogens is 464 g/mol. The molecule has 3 N–H and O–H groups in total. The van der Waals surface area contributed by atoms with Crippen LogP contribution in [0.1, 0.15) is 29.2 Å². The zero-order valence-corrected chi connectivity index (χ0v) is 20.6. The number of fused-ring (bicyclic) bond motifs is 1. The predicted octanol–water partition coefficient (Wildman–Crippen LogP) is 5.89. The molecule has 0 aliphatic rings. The number of hydrogen-bond donors (Lipinski definition) is 3. The Morgan fingerprint density at radius 2 is 1.80 bits per heavy atom. The van der Waals surface area contributed by atoms with Crippen LogP contribution in [0, 0.1) is 6.92 Å². The third-order valence-corrected chi connectivity index (χ3v) is 6.22. The van der Waals surface area contributed by atoms with E-state index < -0.39 is 12.0 Å². The zero-order chi connectivity index (χ0) is 24.8. The lowest BCUT2D eigenvalue weighted by molar-refractivity contribution is -0.139. The van der Waals surface area contributed by atoms with Crippen molar-refractivity contribution in [1.82, 2.24) is 10.3 Å². The molecule has 0 radical (unpaired) electrons. The lowest BCUT2D eigenvalue weighted by Crippen LogP contribution is -2.38. The first-order chi connectivity index (χ1) is 16.9. The summed E-state index contributed by atoms with van der Waals surface area (Å²) in [6.45, 7) is 5.07. The number of benzene rings is 3. The molecule has 6 nitrogen and oxygen atoms in total. The zero-order valence-electron chi connectivity index (χ0n) is 19.8. The summed E-state index contributed by atoms with van der Waals surface area (Å²) in [5, 5.41) is 14.5. The van der Waals surface area contributed by atoms with Gasteiger partial charge in [-0.2, -0.15) is 0 Å². The highest BCUT2D eigenvalue weighted by molar-refractivity contribution is 6.31. The van der Waals surface area contributed by atoms with E-state index in [1.165, 1.54) is 5.56 Å². The summed E-state index contributed by atoms with van der Waals surface area (Å²) in [7, 11) is 0. The summed E-state index contributed by atoms with van der Waals surface area (Å²) < 4.78 is 11.8. The summed E-state index contributed by atoms with van der Waals surface area (Å²) in [5.74, 6) is 0.202. The standard InChI is InChI=1S/C28H29ClN2O4/c1-3-34-26-13-21(23(29)14-27(26)35-17-19-10-8-18(2)9-11-19)16-31-25(28(32)33)12-20-15-30-24-7-5-4-6-22(20)24/h4-11,13-15,25,30-31H,3,12,16-17H2,1-2H3,(H,32,33). The van der Waals surface area contributed by atoms with Crippen molar-refractivity contribution >= 4 is 28.5 Å². The third-order valence-electron chi connectivity index (χ3n) is 5.86. The van der Waals surface area contributed by atoms with Crippen molar-refractivity contribution in [1.29, 1.82) is 0 Å². The molecule has 1 heterocycles. The molecule has 182 valence electrons. The molecule has 1 unspecified atom stereocenters. The number of aromatic nitrogens is 1. The van der Waals surface area contributed by atoms with E-state index in [1.54, 1.807) is 6.07 Å². The molecular formula is C28H29ClN2O4. The monoisotopic (exact) mass is 492 g/mol. The van der Waals surface area contributed by atoms with Crippen molar-refractivity contribution in [2.45, 2.75) is 39.5 Å². The van der Waals surface area contributed by atoms with Crippen LogP contribution in [-0.2, 0) is 24.4 Å². The lowest BCUT2D eigenvalue weighted by atomic mass is 10.0. The molecule has 1 atom stereocenters. The fourth-order valence-electron chi connectivity index (χ4n) is 3.94. The van der Waals surface area contributed by atoms with Crippen molar-refractivity contribution in [3.05, 3.63) is 94.1 Å². The van der Waals surface area contributed by atoms with E-state index in [4.69, 9.17) is 21.1 Å². The second-order valence-electron chi connectivity index (χ2n) is 8.43. The minimum atomic E-state index is -0.922. The van der Waals surface area contributed by atoms with E-state index in [9.17, 15) is 9.90 Å². The van der Waals surface area contributed by atoms with Gasteiger partial charge in [0.2, 0.25) is 0 Å². The van der Waals surface area contributed by atoms with Crippen LogP contribution in [0.5, 0.6) is 11.5 Å². The van der Waals surface area contributed by atoms with E-state index in [-0.39, 0.29) is 6.54 Å². The number of aryl methyl sites for hydroxylation is 1. The average molecular weight is 493 g/mol. The molecule has 0 amide bonds. The quantitative estimate of drug-likeness (QED) is 0.243. The maximum atomic E-state index is 12.0. The topological polar surface area (TPSA) is 83.6 Å². The molecule has 0 saturated carbocycles. The maximum absolute atomic E-state index is 12.0. The number of H-pyrrole nitrogens is 1. The van der Waals surface area contributed by atoms with E-state index in [0.29, 0.717) is 36.2 Å². The van der Waals surface area contributed by atoms with Gasteiger partial charge in [0, 0.05) is 41.2 Å². The Balaban J connectivity index is 1.47. The molecule has 0 aliphatic heterocycles. The summed E-state index contributed by atoms with van der Waals surface area (Å²) >= 11 is 6.56. The highest BCUT2D eigenvalue weighted by atomic mass is 35.5. The number of carboxylic acid groups (broad SMARTS) is 1. The molecule has 0 fully saturated rings. The van der Waals surface area contributed by atoms with Gasteiger partial charge >= 0.3 is 5.97 Å². The highest BCUT2D eigenvalue weighted by Gasteiger charge is 2.20. The molecule has 4 aromatic rings. The van der Waals surface area contributed by atoms with E-state index in [2.05, 4.69) is 10.3 Å². The number of carboxylic acids is 1. The van der Waals surface area contributed by atoms with Crippen molar-refractivity contribution < 1.29 is 19.4 Å². The summed E-state index contributed by atoms with van der Waals surface area (Å²) in [5.41, 5.74) is 4.90. The number of aromatic amines is 1. The summed E-state index contributed by atoms with van der Waals surface area (Å²) in [6, 6.07) is 18.7. The van der Waals surface area contributed by atoms with Crippen LogP contribution in [-0.4, -0.2) is 28.7 Å². The van der Waals surface area contributed by atoms with Gasteiger partial charge in [-0.05, 0) is 42.7 Å². The van der Waals surface area contributed by atoms with Gasteiger partial charge in [0.05, 0.1) is 6.61 Å². The number of ether oxygens (including phenoxy) is 2. The third kappa shape index (κ3) is 6.15. The van der Waals surface area contributed by atoms with Crippen molar-refractivity contribution in [2.75, 3.05) is 6.61 Å². The van der Waals surface area contributed by atoms with Gasteiger partial charge in [-0.25, -0.2) is 0 Å². The number of rotatable bonds is 11. The van der Waals surface area contributed by atoms with Crippen molar-refractivity contribution in [3.8, 4) is 11.5 Å². The van der Waals surface area contributed by atoms with Crippen LogP contribution in [0.2, 0.25) is 5.02 Å². The Morgan fingerprint density at radius 3 is 2.54 bits per heavy atom. The maximum Gasteiger partial charge on any atom is 0.321 e. The molecule has 0 saturated heterocycles. The number of aliphatic carboxylic acids is 1. The number of nitrogens with one attached hydrogen (secondary N) is 2. The van der Waals surface area contributed by atoms with Gasteiger partial charge in [-0.3, -0.25) is 10.1 Å². The second kappa shape index (κ2) is 11.3. The Morgan fingerprint density at radius 1 is 1.06 bits per heavy atom. The van der Waals surface area contributed by atoms with E-state index in [0.717, 1.165) is 27.6 Å². The number of halogens is 1. The number of carbonyl (C=O) groups is 1. The van der Waals surface area contributed by atoms with Crippen LogP contribution in [0.3, 0.4) is 0 Å². The Bertz CT molecular complexity index is 1300. The van der Waals surface area contributed by atoms with Crippen LogP contribution < -0.4 is 14.8 Å². The molecule has 3 aromatic carbocycles. The first-order valence-corrected chi connectivity index (χ1v) is 12.0. The van der Waals surface area contributed by atoms with Crippen LogP contribution in [0.15, 0.2) is 66.9 Å². The highest BCUT2D eigenvalue weighted by Crippen LogP contribution is 2.34. The van der Waals surface area contributed by atoms with Gasteiger partial charge < -0.3 is 19.6 Å². The van der Waals surface area contributed by atoms with Gasteiger partial charge in [0.1, 0.15) is 12.6 Å². The Kier molecular flexibility index (Phi) is 7.95. The van der Waals surface area contributed by atoms with E-state index >= 15 is 0 Å². The fraction of sp³-hybridized carbons (Fsp3) is 0.250. The van der Waals surface area contributed by atoms with Gasteiger partial charge in [0.25, 0.3) is 0 Å². The summed E-state index contributed by atoms with van der Waals surface area (Å²) in [6.07, 6.45) is 2.20. The minimum Gasteiger partial charge on any atom is -0.490 e. The fourth-order valence-corrected chi connectivity index (χ4v) is 4.16. The van der Waals surface area contributed by atoms with Gasteiger partial charge in [-0.15, -0.1) is 0 Å². The van der Waals surface area contributed by atoms with Gasteiger partial charge in [0.15, 0.2) is 11.5 Å². The molecule has 0 bridgehead atoms. The lowest BCUT2D eigenvalue weighted by Gasteiger charge is -2.18. The van der Waals surface area contributed by atoms with Crippen LogP contribution >= 0.6 is 11.6 Å². The normalized spacial score (nSPS) is 12.0. The molecule has 0 spiro atoms. The summed E-state index contributed by atoms with van der Waals surface area (Å²) in [4.78, 5) is 15.2. The average Bonchev–Trinajstić information content (AvgIpc) is 3.26. The minimum absolute atomic E-state index is 0.274. The van der Waals surface area contributed by atoms with Gasteiger partial charge in [-0.1, -0.05) is 59.6 Å². The molecule has 0 aliphatic carbocycles. The number of para-hydroxylation sites is 1. The molecule has 4 rings (SSSR count). The predicted molar refractivity (Wildman–Crippen MR) is 138 cm³/mol. The number of hydrogen-bond acceptors (Lipinski definition) is 4. The van der Waals surface area contributed by atoms with E-state index in [1.807, 2.05) is 74.6 Å². The molecule has 1 aromatic heterocycles. The van der Waals surface area contributed by atoms with Crippen LogP contribution in [0.4, 0.5) is 0 Å². The largest absolute Gasteiger partial charge is 0.490 e. The smallest absolute Gasteiger partial charge is 0.321 e. The van der Waals surface area contributed by atoms with Crippen molar-refractivity contribution in [3.63, 3.8) is 0 Å².